The van der Waals surface area contributed by atoms with Gasteiger partial charge in [0.05, 0.1) is 23.4 Å². The van der Waals surface area contributed by atoms with E-state index in [9.17, 15) is 18.9 Å². The van der Waals surface area contributed by atoms with Gasteiger partial charge in [0, 0.05) is 25.2 Å². The Bertz CT molecular complexity index is 1520. The molecule has 0 unspecified atom stereocenters. The van der Waals surface area contributed by atoms with Crippen LogP contribution in [0, 0.1) is 11.3 Å². The van der Waals surface area contributed by atoms with Gasteiger partial charge in [0.1, 0.15) is 11.0 Å². The van der Waals surface area contributed by atoms with Crippen molar-refractivity contribution in [2.75, 3.05) is 32.8 Å². The van der Waals surface area contributed by atoms with Gasteiger partial charge in [-0.2, -0.15) is 5.06 Å². The maximum atomic E-state index is 14.3. The third-order valence-electron chi connectivity index (χ3n) is 8.83. The molecule has 4 atom stereocenters. The number of fused-ring (bicyclic) bond motifs is 2. The van der Waals surface area contributed by atoms with Gasteiger partial charge in [-0.1, -0.05) is 46.8 Å². The van der Waals surface area contributed by atoms with Gasteiger partial charge in [-0.25, -0.2) is 9.55 Å². The van der Waals surface area contributed by atoms with Gasteiger partial charge in [-0.3, -0.25) is 23.7 Å². The van der Waals surface area contributed by atoms with Crippen LogP contribution < -0.4 is 0 Å². The molecule has 3 amide bonds. The summed E-state index contributed by atoms with van der Waals surface area (Å²) >= 11 is 1.48. The van der Waals surface area contributed by atoms with Gasteiger partial charge in [0.2, 0.25) is 5.91 Å². The molecule has 3 aliphatic rings. The lowest BCUT2D eigenvalue weighted by Crippen LogP contribution is -2.74. The third kappa shape index (κ3) is 9.09. The van der Waals surface area contributed by atoms with Gasteiger partial charge >= 0.3 is 7.82 Å². The van der Waals surface area contributed by atoms with Crippen LogP contribution in [-0.4, -0.2) is 109 Å². The summed E-state index contributed by atoms with van der Waals surface area (Å²) in [5, 5.41) is 1.99. The molecule has 4 heterocycles. The van der Waals surface area contributed by atoms with Crippen molar-refractivity contribution in [2.45, 2.75) is 91.1 Å². The molecule has 5 rings (SSSR count). The van der Waals surface area contributed by atoms with Gasteiger partial charge < -0.3 is 24.5 Å². The molecule has 13 nitrogen and oxygen atoms in total. The zero-order valence-electron chi connectivity index (χ0n) is 28.4. The van der Waals surface area contributed by atoms with E-state index in [-0.39, 0.29) is 42.3 Å². The minimum atomic E-state index is -4.49. The smallest absolute Gasteiger partial charge is 0.333 e. The van der Waals surface area contributed by atoms with Gasteiger partial charge in [-0.05, 0) is 68.2 Å². The molecular formula is C33H48N5O8PS. The second-order valence-electron chi connectivity index (χ2n) is 14.5. The van der Waals surface area contributed by atoms with Crippen LogP contribution in [0.5, 0.6) is 0 Å². The Hall–Kier alpha value is -2.71. The molecule has 3 aliphatic heterocycles. The Morgan fingerprint density at radius 2 is 1.92 bits per heavy atom. The number of amides is 3. The standard InChI is InChI=1S/C33H48N5O8PS/c1-22(2)18-26-32(41)37-25(19-33(3,4)5)31(40)36(23-14-16-35(20-23)15-8-9-17-45-47(42,43)44)21-29(37)38(46-26)30(39)13-12-28-34-24-10-6-7-11-27(24)48-28/h6-7,10-13,22-23,25-26,29H,8-9,14-21H2,1-5H3,(H2,42,43,44)/b13-12+/t23-,25+,26-,29+/m1/s1. The molecule has 48 heavy (non-hydrogen) atoms. The van der Waals surface area contributed by atoms with Crippen LogP contribution >= 0.6 is 19.2 Å². The van der Waals surface area contributed by atoms with E-state index in [4.69, 9.17) is 14.6 Å². The van der Waals surface area contributed by atoms with Crippen LogP contribution in [0.1, 0.15) is 71.7 Å². The highest BCUT2D eigenvalue weighted by Gasteiger charge is 2.54. The minimum absolute atomic E-state index is 0.0265. The molecule has 0 aliphatic carbocycles. The first-order valence-corrected chi connectivity index (χ1v) is 19.0. The van der Waals surface area contributed by atoms with E-state index >= 15 is 0 Å². The topological polar surface area (TPSA) is 153 Å². The van der Waals surface area contributed by atoms with Gasteiger partial charge in [0.15, 0.2) is 12.3 Å². The Balaban J connectivity index is 1.38. The van der Waals surface area contributed by atoms with Crippen molar-refractivity contribution in [1.82, 2.24) is 24.7 Å². The average Bonchev–Trinajstić information content (AvgIpc) is 3.64. The fraction of sp³-hybridized carbons (Fsp3) is 0.636. The summed E-state index contributed by atoms with van der Waals surface area (Å²) in [6.45, 7) is 12.3. The van der Waals surface area contributed by atoms with Crippen molar-refractivity contribution in [2.24, 2.45) is 11.3 Å². The Labute approximate surface area is 286 Å². The average molecular weight is 706 g/mol. The maximum absolute atomic E-state index is 14.3. The number of aromatic nitrogens is 1. The van der Waals surface area contributed by atoms with E-state index in [1.807, 2.05) is 63.8 Å². The highest BCUT2D eigenvalue weighted by Crippen LogP contribution is 2.37. The van der Waals surface area contributed by atoms with Crippen LogP contribution in [0.2, 0.25) is 0 Å². The fourth-order valence-corrected chi connectivity index (χ4v) is 7.95. The first-order valence-electron chi connectivity index (χ1n) is 16.7. The maximum Gasteiger partial charge on any atom is 0.469 e. The number of para-hydroxylation sites is 1. The van der Waals surface area contributed by atoms with Gasteiger partial charge in [0.25, 0.3) is 11.8 Å². The lowest BCUT2D eigenvalue weighted by atomic mass is 9.85. The van der Waals surface area contributed by atoms with Crippen LogP contribution in [0.15, 0.2) is 30.3 Å². The fourth-order valence-electron chi connectivity index (χ4n) is 6.71. The summed E-state index contributed by atoms with van der Waals surface area (Å²) in [5.41, 5.74) is 0.572. The summed E-state index contributed by atoms with van der Waals surface area (Å²) < 4.78 is 16.5. The summed E-state index contributed by atoms with van der Waals surface area (Å²) in [6, 6.07) is 6.90. The van der Waals surface area contributed by atoms with E-state index in [0.29, 0.717) is 43.8 Å². The largest absolute Gasteiger partial charge is 0.469 e. The molecule has 0 bridgehead atoms. The number of benzene rings is 1. The number of nitrogens with zero attached hydrogens (tertiary/aromatic N) is 5. The highest BCUT2D eigenvalue weighted by atomic mass is 32.1. The van der Waals surface area contributed by atoms with E-state index in [2.05, 4.69) is 14.4 Å². The number of unbranched alkanes of at least 4 members (excludes halogenated alkanes) is 1. The first kappa shape index (κ1) is 36.6. The number of carbonyl (C=O) groups excluding carboxylic acids is 3. The van der Waals surface area contributed by atoms with Crippen molar-refractivity contribution in [3.63, 3.8) is 0 Å². The van der Waals surface area contributed by atoms with Crippen molar-refractivity contribution in [3.05, 3.63) is 35.3 Å². The normalized spacial score (nSPS) is 24.5. The zero-order valence-corrected chi connectivity index (χ0v) is 30.1. The minimum Gasteiger partial charge on any atom is -0.333 e. The van der Waals surface area contributed by atoms with Crippen LogP contribution in [-0.2, 0) is 28.3 Å². The SMILES string of the molecule is CC(C)C[C@H]1ON(C(=O)/C=C/c2nc3ccccc3s2)[C@H]2CN([C@@H]3CCN(CCCCOP(=O)(O)O)C3)C(=O)[C@H](CC(C)(C)C)N2C1=O. The van der Waals surface area contributed by atoms with E-state index in [0.717, 1.165) is 23.2 Å². The molecular weight excluding hydrogens is 657 g/mol. The molecule has 2 aromatic rings. The number of carbonyl (C=O) groups is 3. The Kier molecular flexibility index (Phi) is 11.5. The number of phosphoric acid groups is 1. The number of hydrogen-bond donors (Lipinski definition) is 2. The zero-order chi connectivity index (χ0) is 34.8. The number of piperazine rings is 1. The van der Waals surface area contributed by atoms with Crippen molar-refractivity contribution in [1.29, 1.82) is 0 Å². The van der Waals surface area contributed by atoms with Crippen molar-refractivity contribution < 1.29 is 38.1 Å². The second-order valence-corrected chi connectivity index (χ2v) is 16.8. The number of hydrogen-bond acceptors (Lipinski definition) is 9. The Morgan fingerprint density at radius 1 is 1.17 bits per heavy atom. The summed E-state index contributed by atoms with van der Waals surface area (Å²) in [5.74, 6) is -0.670. The third-order valence-corrected chi connectivity index (χ3v) is 10.4. The molecule has 3 saturated heterocycles. The van der Waals surface area contributed by atoms with Crippen LogP contribution in [0.4, 0.5) is 0 Å². The molecule has 3 fully saturated rings. The van der Waals surface area contributed by atoms with Crippen molar-refractivity contribution in [3.8, 4) is 0 Å². The Morgan fingerprint density at radius 3 is 2.60 bits per heavy atom. The summed E-state index contributed by atoms with van der Waals surface area (Å²) in [7, 11) is -4.49. The predicted octanol–water partition coefficient (Wildman–Crippen LogP) is 4.26. The first-order chi connectivity index (χ1) is 22.6. The number of rotatable bonds is 12. The quantitative estimate of drug-likeness (QED) is 0.186. The predicted molar refractivity (Wildman–Crippen MR) is 182 cm³/mol. The van der Waals surface area contributed by atoms with Crippen LogP contribution in [0.3, 0.4) is 0 Å². The summed E-state index contributed by atoms with van der Waals surface area (Å²) in [4.78, 5) is 76.8. The molecule has 1 aromatic carbocycles. The summed E-state index contributed by atoms with van der Waals surface area (Å²) in [6.07, 6.45) is 4.18. The molecule has 0 saturated carbocycles. The van der Waals surface area contributed by atoms with E-state index < -0.39 is 32.0 Å². The van der Waals surface area contributed by atoms with Gasteiger partial charge in [-0.15, -0.1) is 11.3 Å². The van der Waals surface area contributed by atoms with Crippen LogP contribution in [0.25, 0.3) is 16.3 Å². The second kappa shape index (κ2) is 15.0. The molecule has 1 aromatic heterocycles. The highest BCUT2D eigenvalue weighted by molar-refractivity contribution is 7.46. The molecule has 15 heteroatoms. The number of likely N-dealkylation sites (tertiary alicyclic amines) is 1. The molecule has 2 N–H and O–H groups in total. The molecule has 0 spiro atoms. The lowest BCUT2D eigenvalue weighted by molar-refractivity contribution is -0.275. The number of thiazole rings is 1. The number of phosphoric ester groups is 1. The van der Waals surface area contributed by atoms with E-state index in [1.54, 1.807) is 11.0 Å². The van der Waals surface area contributed by atoms with E-state index in [1.165, 1.54) is 22.5 Å². The van der Waals surface area contributed by atoms with Crippen molar-refractivity contribution >= 4 is 53.2 Å². The monoisotopic (exact) mass is 705 g/mol. The molecule has 264 valence electrons. The lowest BCUT2D eigenvalue weighted by Gasteiger charge is -2.54. The molecule has 0 radical (unpaired) electrons. The number of hydroxylamine groups is 2.